The summed E-state index contributed by atoms with van der Waals surface area (Å²) in [5.41, 5.74) is 0.814. The molecular weight excluding hydrogens is 306 g/mol. The van der Waals surface area contributed by atoms with E-state index in [9.17, 15) is 9.59 Å². The average Bonchev–Trinajstić information content (AvgIpc) is 3.37. The van der Waals surface area contributed by atoms with Gasteiger partial charge in [0.25, 0.3) is 0 Å². The fourth-order valence-corrected chi connectivity index (χ4v) is 4.27. The lowest BCUT2D eigenvalue weighted by Gasteiger charge is -2.14. The Morgan fingerprint density at radius 3 is 2.33 bits per heavy atom. The molecule has 120 valence electrons. The molecule has 2 fully saturated rings. The highest BCUT2D eigenvalue weighted by Gasteiger charge is 2.59. The van der Waals surface area contributed by atoms with E-state index in [1.165, 1.54) is 4.90 Å². The van der Waals surface area contributed by atoms with Gasteiger partial charge < -0.3 is 4.42 Å². The van der Waals surface area contributed by atoms with E-state index in [0.717, 1.165) is 12.0 Å². The first-order chi connectivity index (χ1) is 11.7. The Morgan fingerprint density at radius 1 is 1.00 bits per heavy atom. The van der Waals surface area contributed by atoms with Crippen molar-refractivity contribution in [3.05, 3.63) is 48.4 Å². The molecule has 1 saturated heterocycles. The van der Waals surface area contributed by atoms with Gasteiger partial charge in [0.05, 0.1) is 11.8 Å². The molecule has 6 heteroatoms. The van der Waals surface area contributed by atoms with Crippen LogP contribution in [0.5, 0.6) is 0 Å². The van der Waals surface area contributed by atoms with E-state index >= 15 is 0 Å². The van der Waals surface area contributed by atoms with Crippen LogP contribution in [0.15, 0.2) is 46.9 Å². The second-order valence-corrected chi connectivity index (χ2v) is 6.63. The van der Waals surface area contributed by atoms with Crippen molar-refractivity contribution in [3.63, 3.8) is 0 Å². The molecule has 2 aromatic rings. The van der Waals surface area contributed by atoms with Gasteiger partial charge >= 0.3 is 0 Å². The second-order valence-electron chi connectivity index (χ2n) is 6.63. The topological polar surface area (TPSA) is 76.3 Å². The first-order valence-corrected chi connectivity index (χ1v) is 8.14. The molecule has 1 aliphatic heterocycles. The Hall–Kier alpha value is -2.76. The minimum atomic E-state index is -0.191. The molecule has 2 aliphatic carbocycles. The number of carbonyl (C=O) groups is 2. The van der Waals surface area contributed by atoms with Gasteiger partial charge in [-0.3, -0.25) is 14.5 Å². The van der Waals surface area contributed by atoms with Crippen molar-refractivity contribution in [1.82, 2.24) is 15.1 Å². The molecule has 0 N–H and O–H groups in total. The number of rotatable bonds is 3. The number of fused-ring (bicyclic) bond motifs is 5. The maximum atomic E-state index is 12.6. The van der Waals surface area contributed by atoms with Gasteiger partial charge in [-0.25, -0.2) is 0 Å². The molecule has 2 amide bonds. The number of carbonyl (C=O) groups excluding carboxylic acids is 2. The van der Waals surface area contributed by atoms with E-state index in [0.29, 0.717) is 5.89 Å². The van der Waals surface area contributed by atoms with Crippen LogP contribution in [0, 0.1) is 23.7 Å². The number of benzene rings is 1. The zero-order chi connectivity index (χ0) is 16.3. The van der Waals surface area contributed by atoms with Crippen LogP contribution in [0.2, 0.25) is 0 Å². The number of nitrogens with zero attached hydrogens (tertiary/aromatic N) is 3. The molecule has 1 aromatic heterocycles. The van der Waals surface area contributed by atoms with Crippen molar-refractivity contribution in [2.45, 2.75) is 13.0 Å². The van der Waals surface area contributed by atoms with E-state index in [-0.39, 0.29) is 47.9 Å². The summed E-state index contributed by atoms with van der Waals surface area (Å²) in [5.74, 6) is 0.533. The van der Waals surface area contributed by atoms with Crippen molar-refractivity contribution >= 4 is 11.8 Å². The highest BCUT2D eigenvalue weighted by Crippen LogP contribution is 2.52. The molecule has 4 atom stereocenters. The molecule has 6 nitrogen and oxygen atoms in total. The lowest BCUT2D eigenvalue weighted by molar-refractivity contribution is -0.141. The first kappa shape index (κ1) is 13.7. The molecule has 1 aromatic carbocycles. The van der Waals surface area contributed by atoms with E-state index < -0.39 is 0 Å². The van der Waals surface area contributed by atoms with Crippen LogP contribution < -0.4 is 0 Å². The Morgan fingerprint density at radius 2 is 1.67 bits per heavy atom. The van der Waals surface area contributed by atoms with Crippen LogP contribution in [-0.4, -0.2) is 26.9 Å². The number of amides is 2. The monoisotopic (exact) mass is 321 g/mol. The van der Waals surface area contributed by atoms with Crippen LogP contribution >= 0.6 is 0 Å². The number of imide groups is 1. The van der Waals surface area contributed by atoms with Gasteiger partial charge in [-0.15, -0.1) is 10.2 Å². The third-order valence-corrected chi connectivity index (χ3v) is 5.34. The van der Waals surface area contributed by atoms with Gasteiger partial charge in [0, 0.05) is 5.56 Å². The lowest BCUT2D eigenvalue weighted by Crippen LogP contribution is -2.32. The zero-order valence-corrected chi connectivity index (χ0v) is 12.8. The first-order valence-electron chi connectivity index (χ1n) is 8.14. The molecule has 5 rings (SSSR count). The van der Waals surface area contributed by atoms with Crippen LogP contribution in [0.1, 0.15) is 12.3 Å². The fraction of sp³-hybridized carbons (Fsp3) is 0.333. The minimum absolute atomic E-state index is 0.0595. The van der Waals surface area contributed by atoms with Gasteiger partial charge in [0.2, 0.25) is 23.6 Å². The molecule has 2 bridgehead atoms. The molecule has 2 heterocycles. The summed E-state index contributed by atoms with van der Waals surface area (Å²) in [6.45, 7) is 0.0595. The summed E-state index contributed by atoms with van der Waals surface area (Å²) in [6, 6.07) is 9.42. The summed E-state index contributed by atoms with van der Waals surface area (Å²) < 4.78 is 5.64. The number of aromatic nitrogens is 2. The molecule has 24 heavy (non-hydrogen) atoms. The minimum Gasteiger partial charge on any atom is -0.419 e. The highest BCUT2D eigenvalue weighted by atomic mass is 16.4. The van der Waals surface area contributed by atoms with Gasteiger partial charge in [-0.05, 0) is 30.4 Å². The predicted molar refractivity (Wildman–Crippen MR) is 83.0 cm³/mol. The van der Waals surface area contributed by atoms with Crippen molar-refractivity contribution in [1.29, 1.82) is 0 Å². The number of allylic oxidation sites excluding steroid dienone is 2. The van der Waals surface area contributed by atoms with E-state index in [1.807, 2.05) is 30.3 Å². The van der Waals surface area contributed by atoms with Crippen molar-refractivity contribution in [3.8, 4) is 11.5 Å². The largest absolute Gasteiger partial charge is 0.419 e. The molecule has 0 spiro atoms. The molecular formula is C18H15N3O3. The zero-order valence-electron chi connectivity index (χ0n) is 12.8. The summed E-state index contributed by atoms with van der Waals surface area (Å²) >= 11 is 0. The summed E-state index contributed by atoms with van der Waals surface area (Å²) in [5, 5.41) is 8.01. The quantitative estimate of drug-likeness (QED) is 0.639. The lowest BCUT2D eigenvalue weighted by atomic mass is 9.85. The van der Waals surface area contributed by atoms with E-state index in [4.69, 9.17) is 4.42 Å². The number of hydrogen-bond donors (Lipinski definition) is 0. The van der Waals surface area contributed by atoms with Crippen molar-refractivity contribution in [2.24, 2.45) is 23.7 Å². The Balaban J connectivity index is 1.39. The highest BCUT2D eigenvalue weighted by molar-refractivity contribution is 6.06. The van der Waals surface area contributed by atoms with Crippen molar-refractivity contribution in [2.75, 3.05) is 0 Å². The third-order valence-electron chi connectivity index (χ3n) is 5.34. The molecule has 3 aliphatic rings. The Bertz CT molecular complexity index is 827. The Kier molecular flexibility index (Phi) is 2.77. The normalized spacial score (nSPS) is 30.4. The number of hydrogen-bond acceptors (Lipinski definition) is 5. The Labute approximate surface area is 138 Å². The summed E-state index contributed by atoms with van der Waals surface area (Å²) in [4.78, 5) is 26.6. The van der Waals surface area contributed by atoms with Crippen LogP contribution in [0.3, 0.4) is 0 Å². The maximum absolute atomic E-state index is 12.6. The maximum Gasteiger partial charge on any atom is 0.247 e. The standard InChI is InChI=1S/C18H15N3O3/c22-17-14-11-6-7-12(8-11)15(14)18(23)21(17)9-13-19-20-16(24-13)10-4-2-1-3-5-10/h1-7,11-12,14-15H,8-9H2/t11-,12-,14-,15-/m0/s1. The number of likely N-dealkylation sites (tertiary alicyclic amines) is 1. The van der Waals surface area contributed by atoms with Gasteiger partial charge in [-0.2, -0.15) is 0 Å². The van der Waals surface area contributed by atoms with Crippen LogP contribution in [0.25, 0.3) is 11.5 Å². The summed E-state index contributed by atoms with van der Waals surface area (Å²) in [6.07, 6.45) is 5.10. The molecule has 0 unspecified atom stereocenters. The van der Waals surface area contributed by atoms with Gasteiger partial charge in [0.1, 0.15) is 6.54 Å². The van der Waals surface area contributed by atoms with Crippen LogP contribution in [-0.2, 0) is 16.1 Å². The third kappa shape index (κ3) is 1.82. The van der Waals surface area contributed by atoms with Crippen LogP contribution in [0.4, 0.5) is 0 Å². The SMILES string of the molecule is O=C1[C@@H]2[C@@H](C(=O)N1Cc1nnc(-c3ccccc3)o1)[C@H]1C=C[C@H]2C1. The second kappa shape index (κ2) is 4.87. The van der Waals surface area contributed by atoms with Crippen molar-refractivity contribution < 1.29 is 14.0 Å². The molecule has 0 radical (unpaired) electrons. The van der Waals surface area contributed by atoms with Gasteiger partial charge in [-0.1, -0.05) is 30.4 Å². The average molecular weight is 321 g/mol. The summed E-state index contributed by atoms with van der Waals surface area (Å²) in [7, 11) is 0. The smallest absolute Gasteiger partial charge is 0.247 e. The predicted octanol–water partition coefficient (Wildman–Crippen LogP) is 2.04. The van der Waals surface area contributed by atoms with E-state index in [2.05, 4.69) is 22.3 Å². The fourth-order valence-electron chi connectivity index (χ4n) is 4.27. The molecule has 1 saturated carbocycles. The van der Waals surface area contributed by atoms with E-state index in [1.54, 1.807) is 0 Å². The van der Waals surface area contributed by atoms with Gasteiger partial charge in [0.15, 0.2) is 0 Å².